The second-order valence-corrected chi connectivity index (χ2v) is 10.2. The van der Waals surface area contributed by atoms with Crippen LogP contribution in [0.2, 0.25) is 0 Å². The maximum atomic E-state index is 13.0. The topological polar surface area (TPSA) is 78.5 Å². The number of rotatable bonds is 6. The van der Waals surface area contributed by atoms with E-state index < -0.39 is 0 Å². The van der Waals surface area contributed by atoms with Gasteiger partial charge in [0, 0.05) is 41.5 Å². The fourth-order valence-electron chi connectivity index (χ4n) is 4.92. The van der Waals surface area contributed by atoms with Crippen LogP contribution in [0.4, 0.5) is 0 Å². The first-order chi connectivity index (χ1) is 16.0. The zero-order chi connectivity index (χ0) is 23.2. The molecule has 2 atom stereocenters. The summed E-state index contributed by atoms with van der Waals surface area (Å²) in [7, 11) is 0. The van der Waals surface area contributed by atoms with Crippen LogP contribution in [0.25, 0.3) is 0 Å². The predicted octanol–water partition coefficient (Wildman–Crippen LogP) is 3.70. The van der Waals surface area contributed by atoms with E-state index in [4.69, 9.17) is 0 Å². The minimum Gasteiger partial charge on any atom is -0.351 e. The van der Waals surface area contributed by atoms with Gasteiger partial charge in [-0.1, -0.05) is 37.1 Å². The highest BCUT2D eigenvalue weighted by molar-refractivity contribution is 7.10. The Hall–Kier alpha value is -2.67. The van der Waals surface area contributed by atoms with E-state index in [0.29, 0.717) is 37.9 Å². The number of hydrogen-bond acceptors (Lipinski definition) is 4. The molecule has 2 N–H and O–H groups in total. The molecule has 1 unspecified atom stereocenters. The SMILES string of the molecule is Cc1ccccc1C(=O)N[C@@H]1CCCCC1NC(=O)C1CCN(C(=O)Cc2cccs2)CC1. The Morgan fingerprint density at radius 3 is 2.30 bits per heavy atom. The number of carbonyl (C=O) groups is 3. The lowest BCUT2D eigenvalue weighted by Gasteiger charge is -2.36. The Morgan fingerprint density at radius 2 is 1.64 bits per heavy atom. The first kappa shape index (κ1) is 23.5. The quantitative estimate of drug-likeness (QED) is 0.680. The number of likely N-dealkylation sites (tertiary alicyclic amines) is 1. The molecule has 176 valence electrons. The number of hydrogen-bond donors (Lipinski definition) is 2. The van der Waals surface area contributed by atoms with Gasteiger partial charge in [0.2, 0.25) is 11.8 Å². The summed E-state index contributed by atoms with van der Waals surface area (Å²) in [5, 5.41) is 8.39. The summed E-state index contributed by atoms with van der Waals surface area (Å²) in [6.45, 7) is 3.19. The lowest BCUT2D eigenvalue weighted by molar-refractivity contribution is -0.135. The normalized spacial score (nSPS) is 21.4. The van der Waals surface area contributed by atoms with Gasteiger partial charge in [-0.25, -0.2) is 0 Å². The molecule has 1 saturated carbocycles. The van der Waals surface area contributed by atoms with E-state index in [9.17, 15) is 14.4 Å². The molecule has 1 saturated heterocycles. The third-order valence-electron chi connectivity index (χ3n) is 6.92. The molecule has 2 heterocycles. The van der Waals surface area contributed by atoms with Crippen LogP contribution in [-0.4, -0.2) is 47.8 Å². The van der Waals surface area contributed by atoms with Crippen molar-refractivity contribution in [3.8, 4) is 0 Å². The number of piperidine rings is 1. The fraction of sp³-hybridized carbons (Fsp3) is 0.500. The van der Waals surface area contributed by atoms with Crippen LogP contribution in [-0.2, 0) is 16.0 Å². The molecule has 33 heavy (non-hydrogen) atoms. The van der Waals surface area contributed by atoms with E-state index in [1.807, 2.05) is 53.6 Å². The molecule has 1 aliphatic carbocycles. The minimum atomic E-state index is -0.0783. The van der Waals surface area contributed by atoms with E-state index in [0.717, 1.165) is 36.1 Å². The van der Waals surface area contributed by atoms with Gasteiger partial charge >= 0.3 is 0 Å². The van der Waals surface area contributed by atoms with E-state index in [2.05, 4.69) is 10.6 Å². The Labute approximate surface area is 199 Å². The molecule has 0 spiro atoms. The Morgan fingerprint density at radius 1 is 0.939 bits per heavy atom. The Bertz CT molecular complexity index is 967. The zero-order valence-corrected chi connectivity index (χ0v) is 20.0. The molecule has 7 heteroatoms. The van der Waals surface area contributed by atoms with Gasteiger partial charge in [-0.3, -0.25) is 14.4 Å². The molecule has 2 aromatic rings. The number of thiophene rings is 1. The van der Waals surface area contributed by atoms with Crippen LogP contribution < -0.4 is 10.6 Å². The molecular weight excluding hydrogens is 434 g/mol. The first-order valence-corrected chi connectivity index (χ1v) is 12.9. The molecule has 0 bridgehead atoms. The van der Waals surface area contributed by atoms with Crippen LogP contribution in [0.5, 0.6) is 0 Å². The monoisotopic (exact) mass is 467 g/mol. The van der Waals surface area contributed by atoms with Crippen molar-refractivity contribution in [3.05, 3.63) is 57.8 Å². The molecule has 1 aromatic heterocycles. The van der Waals surface area contributed by atoms with Crippen molar-refractivity contribution in [1.29, 1.82) is 0 Å². The second-order valence-electron chi connectivity index (χ2n) is 9.21. The third kappa shape index (κ3) is 6.02. The molecule has 1 aliphatic heterocycles. The minimum absolute atomic E-state index is 0.0438. The van der Waals surface area contributed by atoms with Gasteiger partial charge in [-0.05, 0) is 55.7 Å². The number of benzene rings is 1. The number of aryl methyl sites for hydroxylation is 1. The molecule has 6 nitrogen and oxygen atoms in total. The maximum Gasteiger partial charge on any atom is 0.251 e. The molecule has 2 aliphatic rings. The van der Waals surface area contributed by atoms with Crippen molar-refractivity contribution >= 4 is 29.1 Å². The summed E-state index contributed by atoms with van der Waals surface area (Å²) in [6, 6.07) is 11.4. The van der Waals surface area contributed by atoms with E-state index in [1.165, 1.54) is 0 Å². The summed E-state index contributed by atoms with van der Waals surface area (Å²) in [6.07, 6.45) is 5.68. The van der Waals surface area contributed by atoms with Gasteiger partial charge in [-0.2, -0.15) is 0 Å². The van der Waals surface area contributed by atoms with Crippen molar-refractivity contribution in [2.24, 2.45) is 5.92 Å². The highest BCUT2D eigenvalue weighted by Crippen LogP contribution is 2.23. The van der Waals surface area contributed by atoms with Gasteiger partial charge in [0.25, 0.3) is 5.91 Å². The molecule has 2 fully saturated rings. The number of amides is 3. The summed E-state index contributed by atoms with van der Waals surface area (Å²) in [5.74, 6) is 0.0483. The summed E-state index contributed by atoms with van der Waals surface area (Å²) < 4.78 is 0. The lowest BCUT2D eigenvalue weighted by atomic mass is 9.88. The zero-order valence-electron chi connectivity index (χ0n) is 19.2. The van der Waals surface area contributed by atoms with E-state index >= 15 is 0 Å². The van der Waals surface area contributed by atoms with Crippen molar-refractivity contribution < 1.29 is 14.4 Å². The van der Waals surface area contributed by atoms with Crippen LogP contribution in [0.15, 0.2) is 41.8 Å². The average molecular weight is 468 g/mol. The second kappa shape index (κ2) is 11.0. The summed E-state index contributed by atoms with van der Waals surface area (Å²) in [4.78, 5) is 41.3. The van der Waals surface area contributed by atoms with E-state index in [-0.39, 0.29) is 35.7 Å². The molecule has 4 rings (SSSR count). The first-order valence-electron chi connectivity index (χ1n) is 12.0. The third-order valence-corrected chi connectivity index (χ3v) is 7.80. The van der Waals surface area contributed by atoms with Gasteiger partial charge < -0.3 is 15.5 Å². The predicted molar refractivity (Wildman–Crippen MR) is 130 cm³/mol. The molecule has 3 amide bonds. The van der Waals surface area contributed by atoms with Crippen LogP contribution >= 0.6 is 11.3 Å². The molecule has 1 aromatic carbocycles. The van der Waals surface area contributed by atoms with Gasteiger partial charge in [0.1, 0.15) is 0 Å². The summed E-state index contributed by atoms with van der Waals surface area (Å²) in [5.41, 5.74) is 1.64. The number of carbonyl (C=O) groups excluding carboxylic acids is 3. The van der Waals surface area contributed by atoms with Crippen LogP contribution in [0, 0.1) is 12.8 Å². The van der Waals surface area contributed by atoms with Gasteiger partial charge in [0.05, 0.1) is 6.42 Å². The van der Waals surface area contributed by atoms with Crippen molar-refractivity contribution in [2.75, 3.05) is 13.1 Å². The van der Waals surface area contributed by atoms with Crippen molar-refractivity contribution in [1.82, 2.24) is 15.5 Å². The van der Waals surface area contributed by atoms with Gasteiger partial charge in [-0.15, -0.1) is 11.3 Å². The molecule has 0 radical (unpaired) electrons. The summed E-state index contributed by atoms with van der Waals surface area (Å²) >= 11 is 1.60. The van der Waals surface area contributed by atoms with Crippen LogP contribution in [0.3, 0.4) is 0 Å². The van der Waals surface area contributed by atoms with Crippen molar-refractivity contribution in [2.45, 2.75) is 64.0 Å². The highest BCUT2D eigenvalue weighted by atomic mass is 32.1. The average Bonchev–Trinajstić information content (AvgIpc) is 3.33. The molecular formula is C26H33N3O3S. The highest BCUT2D eigenvalue weighted by Gasteiger charge is 2.32. The number of nitrogens with one attached hydrogen (secondary N) is 2. The maximum absolute atomic E-state index is 13.0. The Balaban J connectivity index is 1.28. The Kier molecular flexibility index (Phi) is 7.81. The smallest absolute Gasteiger partial charge is 0.251 e. The van der Waals surface area contributed by atoms with Crippen LogP contribution in [0.1, 0.15) is 59.3 Å². The van der Waals surface area contributed by atoms with Crippen molar-refractivity contribution in [3.63, 3.8) is 0 Å². The number of nitrogens with zero attached hydrogens (tertiary/aromatic N) is 1. The standard InChI is InChI=1S/C26H33N3O3S/c1-18-7-2-3-9-21(18)26(32)28-23-11-5-4-10-22(23)27-25(31)19-12-14-29(15-13-19)24(30)17-20-8-6-16-33-20/h2-3,6-9,16,19,22-23H,4-5,10-15,17H2,1H3,(H,27,31)(H,28,32)/t22?,23-/m1/s1. The lowest BCUT2D eigenvalue weighted by Crippen LogP contribution is -2.55. The largest absolute Gasteiger partial charge is 0.351 e. The van der Waals surface area contributed by atoms with E-state index in [1.54, 1.807) is 11.3 Å². The fourth-order valence-corrected chi connectivity index (χ4v) is 5.61. The van der Waals surface area contributed by atoms with Gasteiger partial charge in [0.15, 0.2) is 0 Å².